The zero-order chi connectivity index (χ0) is 20.1. The Morgan fingerprint density at radius 3 is 2.45 bits per heavy atom. The van der Waals surface area contributed by atoms with Crippen molar-refractivity contribution in [3.05, 3.63) is 23.3 Å². The molecule has 29 heavy (non-hydrogen) atoms. The summed E-state index contributed by atoms with van der Waals surface area (Å²) in [4.78, 5) is 2.54. The zero-order valence-corrected chi connectivity index (χ0v) is 19.3. The lowest BCUT2D eigenvalue weighted by molar-refractivity contribution is 0.0202. The van der Waals surface area contributed by atoms with Gasteiger partial charge in [0.2, 0.25) is 0 Å². The summed E-state index contributed by atoms with van der Waals surface area (Å²) in [5, 5.41) is 0. The van der Waals surface area contributed by atoms with E-state index in [4.69, 9.17) is 9.47 Å². The molecule has 0 bridgehead atoms. The summed E-state index contributed by atoms with van der Waals surface area (Å²) in [6.07, 6.45) is 3.87. The van der Waals surface area contributed by atoms with Crippen LogP contribution in [0.4, 0.5) is 0 Å². The van der Waals surface area contributed by atoms with E-state index in [2.05, 4.69) is 17.0 Å². The second kappa shape index (κ2) is 8.59. The standard InChI is InChI=1S/C20H31N3O4S.ClH/c1-21(2)28(24,25)23-8-5-6-15-13-22-9-7-14-10-19(26-3)20(27-4)11-16(14)18(22)12-17(15)23;/h10-11,15,17-18H,5-9,12-13H2,1-4H3;1H/t15-,17+,18-;/m1./s1. The highest BCUT2D eigenvalue weighted by Gasteiger charge is 2.46. The smallest absolute Gasteiger partial charge is 0.281 e. The Morgan fingerprint density at radius 2 is 1.79 bits per heavy atom. The lowest BCUT2D eigenvalue weighted by atomic mass is 9.77. The zero-order valence-electron chi connectivity index (χ0n) is 17.6. The minimum absolute atomic E-state index is 0. The second-order valence-electron chi connectivity index (χ2n) is 8.27. The van der Waals surface area contributed by atoms with Crippen molar-refractivity contribution >= 4 is 22.6 Å². The van der Waals surface area contributed by atoms with Crippen molar-refractivity contribution in [3.63, 3.8) is 0 Å². The first kappa shape index (κ1) is 22.6. The molecule has 3 heterocycles. The number of hydrogen-bond donors (Lipinski definition) is 0. The first-order valence-electron chi connectivity index (χ1n) is 10.0. The molecule has 1 aromatic rings. The highest BCUT2D eigenvalue weighted by molar-refractivity contribution is 7.86. The summed E-state index contributed by atoms with van der Waals surface area (Å²) in [7, 11) is 3.17. The topological polar surface area (TPSA) is 62.3 Å². The minimum atomic E-state index is -3.41. The number of methoxy groups -OCH3 is 2. The molecule has 9 heteroatoms. The monoisotopic (exact) mass is 445 g/mol. The third-order valence-electron chi connectivity index (χ3n) is 6.67. The van der Waals surface area contributed by atoms with Crippen molar-refractivity contribution in [1.29, 1.82) is 0 Å². The van der Waals surface area contributed by atoms with Gasteiger partial charge in [-0.2, -0.15) is 17.0 Å². The maximum absolute atomic E-state index is 12.9. The van der Waals surface area contributed by atoms with Crippen molar-refractivity contribution in [3.8, 4) is 11.5 Å². The van der Waals surface area contributed by atoms with E-state index in [0.29, 0.717) is 12.5 Å². The number of halogens is 1. The molecule has 0 unspecified atom stereocenters. The first-order chi connectivity index (χ1) is 13.4. The Labute approximate surface area is 180 Å². The third kappa shape index (κ3) is 3.85. The molecule has 2 saturated heterocycles. The maximum atomic E-state index is 12.9. The number of fused-ring (bicyclic) bond motifs is 4. The Kier molecular flexibility index (Phi) is 6.70. The Balaban J connectivity index is 0.00000240. The minimum Gasteiger partial charge on any atom is -0.493 e. The lowest BCUT2D eigenvalue weighted by Crippen LogP contribution is -2.59. The molecule has 0 amide bonds. The van der Waals surface area contributed by atoms with Gasteiger partial charge >= 0.3 is 0 Å². The lowest BCUT2D eigenvalue weighted by Gasteiger charge is -2.52. The van der Waals surface area contributed by atoms with E-state index >= 15 is 0 Å². The van der Waals surface area contributed by atoms with E-state index < -0.39 is 10.2 Å². The average Bonchev–Trinajstić information content (AvgIpc) is 2.70. The van der Waals surface area contributed by atoms with Crippen LogP contribution >= 0.6 is 12.4 Å². The van der Waals surface area contributed by atoms with Gasteiger partial charge in [-0.1, -0.05) is 0 Å². The predicted octanol–water partition coefficient (Wildman–Crippen LogP) is 2.32. The second-order valence-corrected chi connectivity index (χ2v) is 10.4. The molecule has 3 aliphatic heterocycles. The van der Waals surface area contributed by atoms with E-state index in [1.807, 2.05) is 0 Å². The fourth-order valence-corrected chi connectivity index (χ4v) is 6.61. The highest BCUT2D eigenvalue weighted by atomic mass is 35.5. The van der Waals surface area contributed by atoms with Gasteiger partial charge in [0.25, 0.3) is 10.2 Å². The van der Waals surface area contributed by atoms with Crippen LogP contribution < -0.4 is 9.47 Å². The van der Waals surface area contributed by atoms with Crippen LogP contribution in [0.25, 0.3) is 0 Å². The quantitative estimate of drug-likeness (QED) is 0.711. The maximum Gasteiger partial charge on any atom is 0.281 e. The van der Waals surface area contributed by atoms with Gasteiger partial charge in [0, 0.05) is 45.8 Å². The van der Waals surface area contributed by atoms with Crippen LogP contribution in [0.15, 0.2) is 12.1 Å². The van der Waals surface area contributed by atoms with Crippen LogP contribution in [0.2, 0.25) is 0 Å². The largest absolute Gasteiger partial charge is 0.493 e. The van der Waals surface area contributed by atoms with Crippen LogP contribution in [0.3, 0.4) is 0 Å². The van der Waals surface area contributed by atoms with Gasteiger partial charge in [0.05, 0.1) is 14.2 Å². The van der Waals surface area contributed by atoms with Crippen molar-refractivity contribution in [2.45, 2.75) is 37.8 Å². The number of rotatable bonds is 4. The van der Waals surface area contributed by atoms with E-state index in [-0.39, 0.29) is 24.5 Å². The molecule has 7 nitrogen and oxygen atoms in total. The van der Waals surface area contributed by atoms with Crippen LogP contribution in [0.1, 0.15) is 36.4 Å². The number of hydrogen-bond acceptors (Lipinski definition) is 5. The fraction of sp³-hybridized carbons (Fsp3) is 0.700. The molecule has 0 saturated carbocycles. The summed E-state index contributed by atoms with van der Waals surface area (Å²) < 4.78 is 40.0. The van der Waals surface area contributed by atoms with Crippen molar-refractivity contribution in [2.24, 2.45) is 5.92 Å². The number of piperidine rings is 2. The van der Waals surface area contributed by atoms with Crippen LogP contribution in [0.5, 0.6) is 11.5 Å². The van der Waals surface area contributed by atoms with E-state index in [0.717, 1.165) is 50.3 Å². The Bertz CT molecular complexity index is 848. The summed E-state index contributed by atoms with van der Waals surface area (Å²) in [5.41, 5.74) is 2.55. The summed E-state index contributed by atoms with van der Waals surface area (Å²) in [6, 6.07) is 4.47. The van der Waals surface area contributed by atoms with E-state index in [1.54, 1.807) is 32.6 Å². The molecule has 3 aliphatic rings. The molecule has 0 radical (unpaired) electrons. The Morgan fingerprint density at radius 1 is 1.10 bits per heavy atom. The van der Waals surface area contributed by atoms with Crippen LogP contribution in [-0.2, 0) is 16.6 Å². The normalized spacial score (nSPS) is 27.4. The van der Waals surface area contributed by atoms with Crippen molar-refractivity contribution in [2.75, 3.05) is 47.9 Å². The molecule has 0 aromatic heterocycles. The molecule has 0 N–H and O–H groups in total. The van der Waals surface area contributed by atoms with Gasteiger partial charge in [-0.15, -0.1) is 12.4 Å². The summed E-state index contributed by atoms with van der Waals surface area (Å²) in [5.74, 6) is 1.91. The highest BCUT2D eigenvalue weighted by Crippen LogP contribution is 2.46. The van der Waals surface area contributed by atoms with Crippen molar-refractivity contribution < 1.29 is 17.9 Å². The molecule has 0 aliphatic carbocycles. The predicted molar refractivity (Wildman–Crippen MR) is 115 cm³/mol. The SMILES string of the molecule is COc1cc2c(cc1OC)[C@H]1C[C@H]3[C@H](CCCN3S(=O)(=O)N(C)C)CN1CC2.Cl. The number of benzene rings is 1. The van der Waals surface area contributed by atoms with Gasteiger partial charge < -0.3 is 9.47 Å². The van der Waals surface area contributed by atoms with Crippen molar-refractivity contribution in [1.82, 2.24) is 13.5 Å². The third-order valence-corrected chi connectivity index (χ3v) is 8.64. The van der Waals surface area contributed by atoms with Crippen LogP contribution in [-0.4, -0.2) is 75.9 Å². The van der Waals surface area contributed by atoms with Gasteiger partial charge in [-0.25, -0.2) is 0 Å². The first-order valence-corrected chi connectivity index (χ1v) is 11.4. The number of ether oxygens (including phenoxy) is 2. The summed E-state index contributed by atoms with van der Waals surface area (Å²) >= 11 is 0. The van der Waals surface area contributed by atoms with Gasteiger partial charge in [-0.3, -0.25) is 4.90 Å². The Hall–Kier alpha value is -1.06. The van der Waals surface area contributed by atoms with Crippen LogP contribution in [0, 0.1) is 5.92 Å². The molecule has 164 valence electrons. The molecular formula is C20H32ClN3O4S. The molecular weight excluding hydrogens is 414 g/mol. The van der Waals surface area contributed by atoms with Gasteiger partial charge in [-0.05, 0) is 54.9 Å². The van der Waals surface area contributed by atoms with Gasteiger partial charge in [0.15, 0.2) is 11.5 Å². The molecule has 2 fully saturated rings. The molecule has 4 rings (SSSR count). The average molecular weight is 446 g/mol. The fourth-order valence-electron chi connectivity index (χ4n) is 5.23. The number of nitrogens with zero attached hydrogens (tertiary/aromatic N) is 3. The molecule has 1 aromatic carbocycles. The molecule has 0 spiro atoms. The van der Waals surface area contributed by atoms with E-state index in [9.17, 15) is 8.42 Å². The van der Waals surface area contributed by atoms with E-state index in [1.165, 1.54) is 15.4 Å². The molecule has 3 atom stereocenters. The van der Waals surface area contributed by atoms with Gasteiger partial charge in [0.1, 0.15) is 0 Å². The summed E-state index contributed by atoms with van der Waals surface area (Å²) in [6.45, 7) is 2.59.